The molecule has 1 aromatic carbocycles. The molecule has 0 spiro atoms. The van der Waals surface area contributed by atoms with Crippen LogP contribution < -0.4 is 15.4 Å². The third-order valence-corrected chi connectivity index (χ3v) is 4.58. The second-order valence-electron chi connectivity index (χ2n) is 6.58. The number of hydrogen-bond donors (Lipinski definition) is 2. The molecule has 1 aromatic heterocycles. The van der Waals surface area contributed by atoms with Gasteiger partial charge in [0.1, 0.15) is 17.3 Å². The molecular formula is C20H25N5O4. The lowest BCUT2D eigenvalue weighted by molar-refractivity contribution is 0.0856. The van der Waals surface area contributed by atoms with Gasteiger partial charge < -0.3 is 25.0 Å². The van der Waals surface area contributed by atoms with Crippen molar-refractivity contribution in [3.05, 3.63) is 42.4 Å². The Bertz CT molecular complexity index is 835. The Kier molecular flexibility index (Phi) is 6.83. The van der Waals surface area contributed by atoms with E-state index in [9.17, 15) is 9.59 Å². The van der Waals surface area contributed by atoms with Crippen LogP contribution in [0.1, 0.15) is 30.3 Å². The highest BCUT2D eigenvalue weighted by molar-refractivity contribution is 5.92. The highest BCUT2D eigenvalue weighted by atomic mass is 16.6. The van der Waals surface area contributed by atoms with Gasteiger partial charge in [0.05, 0.1) is 26.1 Å². The van der Waals surface area contributed by atoms with Gasteiger partial charge in [0, 0.05) is 30.9 Å². The normalized spacial score (nSPS) is 14.2. The quantitative estimate of drug-likeness (QED) is 0.769. The average Bonchev–Trinajstić information content (AvgIpc) is 2.75. The molecule has 0 radical (unpaired) electrons. The first-order valence-electron chi connectivity index (χ1n) is 9.54. The summed E-state index contributed by atoms with van der Waals surface area (Å²) >= 11 is 0. The van der Waals surface area contributed by atoms with Gasteiger partial charge in [-0.1, -0.05) is 6.07 Å². The molecule has 29 heavy (non-hydrogen) atoms. The number of hydrogen-bond acceptors (Lipinski definition) is 7. The van der Waals surface area contributed by atoms with Crippen molar-refractivity contribution >= 4 is 23.5 Å². The van der Waals surface area contributed by atoms with Gasteiger partial charge in [0.15, 0.2) is 0 Å². The molecule has 2 heterocycles. The van der Waals surface area contributed by atoms with Gasteiger partial charge in [0.25, 0.3) is 5.91 Å². The minimum absolute atomic E-state index is 0.00967. The summed E-state index contributed by atoms with van der Waals surface area (Å²) in [6.07, 6.45) is 3.99. The van der Waals surface area contributed by atoms with E-state index in [1.807, 2.05) is 24.3 Å². The van der Waals surface area contributed by atoms with Gasteiger partial charge in [-0.15, -0.1) is 0 Å². The number of likely N-dealkylation sites (tertiary alicyclic amines) is 1. The summed E-state index contributed by atoms with van der Waals surface area (Å²) in [7, 11) is 1.60. The van der Waals surface area contributed by atoms with E-state index < -0.39 is 0 Å². The standard InChI is InChI=1S/C20H25N5O4/c1-3-29-20(27)25-9-7-14(8-10-25)24-19(26)17-12-22-18(13-21-17)23-15-5-4-6-16(11-15)28-2/h4-6,11-14H,3,7-10H2,1-2H3,(H,22,23)(H,24,26). The van der Waals surface area contributed by atoms with E-state index in [0.717, 1.165) is 11.4 Å². The number of methoxy groups -OCH3 is 1. The van der Waals surface area contributed by atoms with Crippen LogP contribution in [0.5, 0.6) is 5.75 Å². The first-order valence-corrected chi connectivity index (χ1v) is 9.54. The van der Waals surface area contributed by atoms with Crippen LogP contribution in [0.4, 0.5) is 16.3 Å². The van der Waals surface area contributed by atoms with Crippen LogP contribution in [0.3, 0.4) is 0 Å². The maximum atomic E-state index is 12.4. The number of aromatic nitrogens is 2. The molecule has 1 saturated heterocycles. The van der Waals surface area contributed by atoms with Crippen molar-refractivity contribution < 1.29 is 19.1 Å². The Morgan fingerprint density at radius 3 is 2.66 bits per heavy atom. The Morgan fingerprint density at radius 2 is 2.00 bits per heavy atom. The van der Waals surface area contributed by atoms with E-state index in [2.05, 4.69) is 20.6 Å². The van der Waals surface area contributed by atoms with Crippen LogP contribution in [-0.2, 0) is 4.74 Å². The number of carbonyl (C=O) groups excluding carboxylic acids is 2. The van der Waals surface area contributed by atoms with Gasteiger partial charge >= 0.3 is 6.09 Å². The fourth-order valence-electron chi connectivity index (χ4n) is 3.04. The number of amides is 2. The van der Waals surface area contributed by atoms with Gasteiger partial charge in [-0.3, -0.25) is 4.79 Å². The molecule has 9 nitrogen and oxygen atoms in total. The van der Waals surface area contributed by atoms with Crippen molar-refractivity contribution in [2.24, 2.45) is 0 Å². The molecule has 9 heteroatoms. The number of rotatable bonds is 6. The molecule has 154 valence electrons. The van der Waals surface area contributed by atoms with Gasteiger partial charge in [-0.25, -0.2) is 14.8 Å². The topological polar surface area (TPSA) is 106 Å². The molecule has 0 bridgehead atoms. The first-order chi connectivity index (χ1) is 14.1. The molecule has 3 rings (SSSR count). The van der Waals surface area contributed by atoms with Crippen molar-refractivity contribution in [2.75, 3.05) is 32.1 Å². The number of carbonyl (C=O) groups is 2. The molecule has 1 fully saturated rings. The van der Waals surface area contributed by atoms with Crippen LogP contribution in [-0.4, -0.2) is 59.7 Å². The third kappa shape index (κ3) is 5.56. The smallest absolute Gasteiger partial charge is 0.409 e. The summed E-state index contributed by atoms with van der Waals surface area (Å²) in [5, 5.41) is 6.07. The molecule has 0 atom stereocenters. The molecule has 0 unspecified atom stereocenters. The lowest BCUT2D eigenvalue weighted by atomic mass is 10.1. The Hall–Kier alpha value is -3.36. The third-order valence-electron chi connectivity index (χ3n) is 4.58. The largest absolute Gasteiger partial charge is 0.497 e. The minimum atomic E-state index is -0.303. The molecule has 2 amide bonds. The molecule has 1 aliphatic rings. The number of anilines is 2. The van der Waals surface area contributed by atoms with E-state index >= 15 is 0 Å². The highest BCUT2D eigenvalue weighted by Crippen LogP contribution is 2.20. The van der Waals surface area contributed by atoms with Crippen LogP contribution in [0, 0.1) is 0 Å². The second-order valence-corrected chi connectivity index (χ2v) is 6.58. The lowest BCUT2D eigenvalue weighted by Crippen LogP contribution is -2.46. The summed E-state index contributed by atoms with van der Waals surface area (Å²) in [6.45, 7) is 3.25. The van der Waals surface area contributed by atoms with Crippen molar-refractivity contribution in [3.63, 3.8) is 0 Å². The fraction of sp³-hybridized carbons (Fsp3) is 0.400. The summed E-state index contributed by atoms with van der Waals surface area (Å²) in [4.78, 5) is 34.3. The summed E-state index contributed by atoms with van der Waals surface area (Å²) in [5.41, 5.74) is 1.05. The average molecular weight is 399 g/mol. The predicted octanol–water partition coefficient (Wildman–Crippen LogP) is 2.58. The second kappa shape index (κ2) is 9.72. The number of nitrogens with zero attached hydrogens (tertiary/aromatic N) is 3. The van der Waals surface area contributed by atoms with Gasteiger partial charge in [-0.05, 0) is 31.9 Å². The van der Waals surface area contributed by atoms with Crippen molar-refractivity contribution in [1.29, 1.82) is 0 Å². The lowest BCUT2D eigenvalue weighted by Gasteiger charge is -2.31. The molecule has 2 aromatic rings. The van der Waals surface area contributed by atoms with Crippen molar-refractivity contribution in [2.45, 2.75) is 25.8 Å². The Morgan fingerprint density at radius 1 is 1.21 bits per heavy atom. The van der Waals surface area contributed by atoms with Crippen LogP contribution in [0.15, 0.2) is 36.7 Å². The Labute approximate surface area is 169 Å². The summed E-state index contributed by atoms with van der Waals surface area (Å²) in [5.74, 6) is 0.977. The van der Waals surface area contributed by atoms with E-state index in [-0.39, 0.29) is 23.7 Å². The zero-order chi connectivity index (χ0) is 20.6. The maximum absolute atomic E-state index is 12.4. The highest BCUT2D eigenvalue weighted by Gasteiger charge is 2.25. The summed E-state index contributed by atoms with van der Waals surface area (Å²) < 4.78 is 10.2. The predicted molar refractivity (Wildman–Crippen MR) is 107 cm³/mol. The molecule has 0 saturated carbocycles. The van der Waals surface area contributed by atoms with E-state index in [0.29, 0.717) is 38.4 Å². The monoisotopic (exact) mass is 399 g/mol. The van der Waals surface area contributed by atoms with Crippen molar-refractivity contribution in [1.82, 2.24) is 20.2 Å². The van der Waals surface area contributed by atoms with Crippen molar-refractivity contribution in [3.8, 4) is 5.75 Å². The molecular weight excluding hydrogens is 374 g/mol. The molecule has 2 N–H and O–H groups in total. The van der Waals surface area contributed by atoms with Gasteiger partial charge in [-0.2, -0.15) is 0 Å². The van der Waals surface area contributed by atoms with Crippen LogP contribution in [0.2, 0.25) is 0 Å². The maximum Gasteiger partial charge on any atom is 0.409 e. The number of piperidine rings is 1. The van der Waals surface area contributed by atoms with E-state index in [1.165, 1.54) is 12.4 Å². The zero-order valence-corrected chi connectivity index (χ0v) is 16.6. The molecule has 0 aliphatic carbocycles. The SMILES string of the molecule is CCOC(=O)N1CCC(NC(=O)c2cnc(Nc3cccc(OC)c3)cn2)CC1. The number of ether oxygens (including phenoxy) is 2. The van der Waals surface area contributed by atoms with E-state index in [1.54, 1.807) is 18.9 Å². The summed E-state index contributed by atoms with van der Waals surface area (Å²) in [6, 6.07) is 7.42. The number of benzene rings is 1. The van der Waals surface area contributed by atoms with Crippen LogP contribution in [0.25, 0.3) is 0 Å². The number of nitrogens with one attached hydrogen (secondary N) is 2. The fourth-order valence-corrected chi connectivity index (χ4v) is 3.04. The Balaban J connectivity index is 1.51. The first kappa shape index (κ1) is 20.4. The zero-order valence-electron chi connectivity index (χ0n) is 16.6. The van der Waals surface area contributed by atoms with Crippen LogP contribution >= 0.6 is 0 Å². The molecule has 1 aliphatic heterocycles. The van der Waals surface area contributed by atoms with Gasteiger partial charge in [0.2, 0.25) is 0 Å². The minimum Gasteiger partial charge on any atom is -0.497 e. The van der Waals surface area contributed by atoms with E-state index in [4.69, 9.17) is 9.47 Å².